The minimum Gasteiger partial charge on any atom is -0.489 e. The van der Waals surface area contributed by atoms with Crippen molar-refractivity contribution in [2.75, 3.05) is 11.9 Å². The molecule has 2 aromatic carbocycles. The second-order valence-electron chi connectivity index (χ2n) is 6.59. The maximum absolute atomic E-state index is 12.5. The number of benzene rings is 2. The Morgan fingerprint density at radius 3 is 2.31 bits per heavy atom. The van der Waals surface area contributed by atoms with E-state index in [1.54, 1.807) is 12.1 Å². The zero-order valence-electron chi connectivity index (χ0n) is 15.0. The first-order valence-corrected chi connectivity index (χ1v) is 9.00. The first kappa shape index (κ1) is 18.0. The Labute approximate surface area is 153 Å². The van der Waals surface area contributed by atoms with Gasteiger partial charge in [-0.25, -0.2) is 0 Å². The lowest BCUT2D eigenvalue weighted by Gasteiger charge is -2.15. The van der Waals surface area contributed by atoms with E-state index < -0.39 is 5.41 Å². The summed E-state index contributed by atoms with van der Waals surface area (Å²) in [4.78, 5) is 24.7. The minimum absolute atomic E-state index is 0.167. The van der Waals surface area contributed by atoms with Gasteiger partial charge in [-0.3, -0.25) is 9.59 Å². The van der Waals surface area contributed by atoms with E-state index in [2.05, 4.69) is 10.6 Å². The van der Waals surface area contributed by atoms with Gasteiger partial charge in [-0.2, -0.15) is 0 Å². The molecule has 136 valence electrons. The number of amides is 2. The van der Waals surface area contributed by atoms with Crippen LogP contribution in [0.4, 0.5) is 5.69 Å². The molecular formula is C21H24N2O3. The molecule has 26 heavy (non-hydrogen) atoms. The highest BCUT2D eigenvalue weighted by Crippen LogP contribution is 2.46. The maximum Gasteiger partial charge on any atom is 0.240 e. The lowest BCUT2D eigenvalue weighted by molar-refractivity contribution is -0.134. The fourth-order valence-electron chi connectivity index (χ4n) is 2.72. The number of ether oxygens (including phenoxy) is 1. The molecule has 0 atom stereocenters. The average molecular weight is 352 g/mol. The molecule has 1 saturated carbocycles. The summed E-state index contributed by atoms with van der Waals surface area (Å²) in [6, 6.07) is 17.1. The summed E-state index contributed by atoms with van der Waals surface area (Å²) in [6.45, 7) is 3.08. The highest BCUT2D eigenvalue weighted by molar-refractivity contribution is 6.13. The molecule has 0 saturated heterocycles. The highest BCUT2D eigenvalue weighted by atomic mass is 16.5. The molecule has 0 bridgehead atoms. The fourth-order valence-corrected chi connectivity index (χ4v) is 2.72. The van der Waals surface area contributed by atoms with E-state index in [4.69, 9.17) is 4.74 Å². The number of hydrogen-bond acceptors (Lipinski definition) is 3. The summed E-state index contributed by atoms with van der Waals surface area (Å²) >= 11 is 0. The summed E-state index contributed by atoms with van der Waals surface area (Å²) in [5.41, 5.74) is 0.868. The second kappa shape index (κ2) is 8.04. The van der Waals surface area contributed by atoms with Gasteiger partial charge in [-0.15, -0.1) is 0 Å². The van der Waals surface area contributed by atoms with Gasteiger partial charge in [0.15, 0.2) is 0 Å². The Morgan fingerprint density at radius 1 is 1.00 bits per heavy atom. The third-order valence-corrected chi connectivity index (χ3v) is 4.52. The van der Waals surface area contributed by atoms with E-state index in [1.165, 1.54) is 0 Å². The molecule has 0 radical (unpaired) electrons. The van der Waals surface area contributed by atoms with E-state index in [0.29, 0.717) is 31.7 Å². The Kier molecular flexibility index (Phi) is 5.56. The van der Waals surface area contributed by atoms with Crippen LogP contribution in [0.3, 0.4) is 0 Å². The monoisotopic (exact) mass is 352 g/mol. The van der Waals surface area contributed by atoms with Gasteiger partial charge < -0.3 is 15.4 Å². The Morgan fingerprint density at radius 2 is 1.69 bits per heavy atom. The number of hydrogen-bond donors (Lipinski definition) is 2. The van der Waals surface area contributed by atoms with Crippen LogP contribution in [0, 0.1) is 5.41 Å². The van der Waals surface area contributed by atoms with Crippen LogP contribution in [0.1, 0.15) is 31.7 Å². The fraction of sp³-hybridized carbons (Fsp3) is 0.333. The molecule has 1 aliphatic rings. The van der Waals surface area contributed by atoms with Gasteiger partial charge in [-0.05, 0) is 49.1 Å². The van der Waals surface area contributed by atoms with Crippen molar-refractivity contribution < 1.29 is 14.3 Å². The van der Waals surface area contributed by atoms with Crippen LogP contribution >= 0.6 is 0 Å². The standard InChI is InChI=1S/C21H24N2O3/c1-2-14-22-19(24)21(12-13-21)20(25)23-17-8-10-18(11-9-17)26-15-16-6-4-3-5-7-16/h3-11H,2,12-15H2,1H3,(H,22,24)(H,23,25). The van der Waals surface area contributed by atoms with Crippen molar-refractivity contribution in [3.8, 4) is 5.75 Å². The van der Waals surface area contributed by atoms with Crippen molar-refractivity contribution in [3.63, 3.8) is 0 Å². The first-order valence-electron chi connectivity index (χ1n) is 9.00. The zero-order chi connectivity index (χ0) is 18.4. The van der Waals surface area contributed by atoms with Gasteiger partial charge in [0.25, 0.3) is 0 Å². The molecule has 0 aromatic heterocycles. The predicted octanol–water partition coefficient (Wildman–Crippen LogP) is 3.51. The minimum atomic E-state index is -0.891. The predicted molar refractivity (Wildman–Crippen MR) is 101 cm³/mol. The van der Waals surface area contributed by atoms with E-state index in [1.807, 2.05) is 49.4 Å². The molecule has 1 aliphatic carbocycles. The van der Waals surface area contributed by atoms with Crippen LogP contribution in [0.2, 0.25) is 0 Å². The van der Waals surface area contributed by atoms with E-state index in [-0.39, 0.29) is 11.8 Å². The van der Waals surface area contributed by atoms with Gasteiger partial charge in [-0.1, -0.05) is 37.3 Å². The number of rotatable bonds is 8. The molecule has 2 amide bonds. The summed E-state index contributed by atoms with van der Waals surface area (Å²) in [5.74, 6) is 0.331. The molecule has 2 aromatic rings. The highest BCUT2D eigenvalue weighted by Gasteiger charge is 2.56. The van der Waals surface area contributed by atoms with Gasteiger partial charge >= 0.3 is 0 Å². The zero-order valence-corrected chi connectivity index (χ0v) is 15.0. The summed E-state index contributed by atoms with van der Waals surface area (Å²) < 4.78 is 5.74. The van der Waals surface area contributed by atoms with Crippen molar-refractivity contribution in [1.29, 1.82) is 0 Å². The van der Waals surface area contributed by atoms with E-state index in [0.717, 1.165) is 17.7 Å². The number of carbonyl (C=O) groups is 2. The molecule has 0 heterocycles. The molecule has 3 rings (SSSR count). The average Bonchev–Trinajstić information content (AvgIpc) is 3.48. The van der Waals surface area contributed by atoms with Crippen LogP contribution in [-0.4, -0.2) is 18.4 Å². The third kappa shape index (κ3) is 4.23. The van der Waals surface area contributed by atoms with Gasteiger partial charge in [0.1, 0.15) is 17.8 Å². The van der Waals surface area contributed by atoms with Crippen molar-refractivity contribution in [3.05, 3.63) is 60.2 Å². The second-order valence-corrected chi connectivity index (χ2v) is 6.59. The maximum atomic E-state index is 12.5. The van der Waals surface area contributed by atoms with Crippen molar-refractivity contribution in [1.82, 2.24) is 5.32 Å². The molecule has 0 aliphatic heterocycles. The topological polar surface area (TPSA) is 67.4 Å². The largest absolute Gasteiger partial charge is 0.489 e. The first-order chi connectivity index (χ1) is 12.6. The van der Waals surface area contributed by atoms with Crippen molar-refractivity contribution in [2.24, 2.45) is 5.41 Å². The van der Waals surface area contributed by atoms with Crippen LogP contribution in [0.25, 0.3) is 0 Å². The van der Waals surface area contributed by atoms with Crippen molar-refractivity contribution in [2.45, 2.75) is 32.8 Å². The SMILES string of the molecule is CCCNC(=O)C1(C(=O)Nc2ccc(OCc3ccccc3)cc2)CC1. The molecule has 5 nitrogen and oxygen atoms in total. The smallest absolute Gasteiger partial charge is 0.240 e. The molecule has 5 heteroatoms. The third-order valence-electron chi connectivity index (χ3n) is 4.52. The number of anilines is 1. The lowest BCUT2D eigenvalue weighted by Crippen LogP contribution is -2.40. The number of carbonyl (C=O) groups excluding carboxylic acids is 2. The quantitative estimate of drug-likeness (QED) is 0.715. The lowest BCUT2D eigenvalue weighted by atomic mass is 10.0. The van der Waals surface area contributed by atoms with Crippen LogP contribution in [-0.2, 0) is 16.2 Å². The Hall–Kier alpha value is -2.82. The van der Waals surface area contributed by atoms with Gasteiger partial charge in [0.05, 0.1) is 0 Å². The molecule has 1 fully saturated rings. The van der Waals surface area contributed by atoms with Crippen molar-refractivity contribution >= 4 is 17.5 Å². The van der Waals surface area contributed by atoms with Gasteiger partial charge in [0, 0.05) is 12.2 Å². The van der Waals surface area contributed by atoms with Crippen LogP contribution < -0.4 is 15.4 Å². The number of nitrogens with one attached hydrogen (secondary N) is 2. The Balaban J connectivity index is 1.54. The van der Waals surface area contributed by atoms with Gasteiger partial charge in [0.2, 0.25) is 11.8 Å². The molecular weight excluding hydrogens is 328 g/mol. The summed E-state index contributed by atoms with van der Waals surface area (Å²) in [6.07, 6.45) is 2.06. The molecule has 2 N–H and O–H groups in total. The van der Waals surface area contributed by atoms with Crippen LogP contribution in [0.5, 0.6) is 5.75 Å². The summed E-state index contributed by atoms with van der Waals surface area (Å²) in [7, 11) is 0. The van der Waals surface area contributed by atoms with E-state index in [9.17, 15) is 9.59 Å². The molecule has 0 unspecified atom stereocenters. The summed E-state index contributed by atoms with van der Waals surface area (Å²) in [5, 5.41) is 5.67. The molecule has 0 spiro atoms. The normalized spacial score (nSPS) is 14.3. The van der Waals surface area contributed by atoms with Crippen LogP contribution in [0.15, 0.2) is 54.6 Å². The van der Waals surface area contributed by atoms with E-state index >= 15 is 0 Å². The Bertz CT molecular complexity index is 753.